The van der Waals surface area contributed by atoms with E-state index in [-0.39, 0.29) is 28.2 Å². The van der Waals surface area contributed by atoms with Crippen LogP contribution in [0.2, 0.25) is 0 Å². The van der Waals surface area contributed by atoms with Crippen molar-refractivity contribution in [3.05, 3.63) is 46.6 Å². The molecule has 2 unspecified atom stereocenters. The van der Waals surface area contributed by atoms with Crippen LogP contribution in [0.25, 0.3) is 22.3 Å². The molecule has 0 aliphatic carbocycles. The average Bonchev–Trinajstić information content (AvgIpc) is 2.72. The molecule has 3 aromatic rings. The highest BCUT2D eigenvalue weighted by atomic mass is 16.7. The molecule has 0 radical (unpaired) electrons. The van der Waals surface area contributed by atoms with Gasteiger partial charge in [-0.05, 0) is 37.1 Å². The summed E-state index contributed by atoms with van der Waals surface area (Å²) >= 11 is 0. The smallest absolute Gasteiger partial charge is 0.332 e. The van der Waals surface area contributed by atoms with Crippen LogP contribution in [0.3, 0.4) is 0 Å². The van der Waals surface area contributed by atoms with Crippen LogP contribution in [0, 0.1) is 0 Å². The Bertz CT molecular complexity index is 1160. The number of fused-ring (bicyclic) bond motifs is 1. The highest BCUT2D eigenvalue weighted by molar-refractivity contribution is 5.89. The molecular weight excluding hydrogens is 396 g/mol. The fraction of sp³-hybridized carbons (Fsp3) is 0.238. The van der Waals surface area contributed by atoms with Crippen LogP contribution in [0.1, 0.15) is 19.3 Å². The number of ether oxygens (including phenoxy) is 2. The van der Waals surface area contributed by atoms with Gasteiger partial charge in [0.1, 0.15) is 22.5 Å². The molecule has 9 heteroatoms. The zero-order valence-corrected chi connectivity index (χ0v) is 15.6. The van der Waals surface area contributed by atoms with E-state index in [2.05, 4.69) is 0 Å². The molecule has 1 aliphatic rings. The molecule has 0 spiro atoms. The van der Waals surface area contributed by atoms with Gasteiger partial charge in [0.05, 0.1) is 0 Å². The summed E-state index contributed by atoms with van der Waals surface area (Å²) < 4.78 is 16.6. The van der Waals surface area contributed by atoms with E-state index in [4.69, 9.17) is 19.0 Å². The Morgan fingerprint density at radius 2 is 1.77 bits per heavy atom. The Morgan fingerprint density at radius 1 is 1.03 bits per heavy atom. The van der Waals surface area contributed by atoms with Crippen molar-refractivity contribution in [2.24, 2.45) is 0 Å². The van der Waals surface area contributed by atoms with Gasteiger partial charge in [0, 0.05) is 24.1 Å². The molecule has 30 heavy (non-hydrogen) atoms. The first-order valence-corrected chi connectivity index (χ1v) is 9.20. The van der Waals surface area contributed by atoms with Gasteiger partial charge in [-0.2, -0.15) is 0 Å². The quantitative estimate of drug-likeness (QED) is 0.473. The zero-order valence-electron chi connectivity index (χ0n) is 15.6. The van der Waals surface area contributed by atoms with Gasteiger partial charge in [0.2, 0.25) is 12.0 Å². The number of aromatic hydroxyl groups is 3. The zero-order chi connectivity index (χ0) is 21.4. The number of phenols is 3. The molecular formula is C21H18O9. The van der Waals surface area contributed by atoms with Crippen LogP contribution in [-0.4, -0.2) is 38.8 Å². The summed E-state index contributed by atoms with van der Waals surface area (Å²) in [6.45, 7) is 0. The van der Waals surface area contributed by atoms with E-state index in [0.717, 1.165) is 6.07 Å². The third-order valence-corrected chi connectivity index (χ3v) is 4.84. The maximum Gasteiger partial charge on any atom is 0.332 e. The summed E-state index contributed by atoms with van der Waals surface area (Å²) in [5.74, 6) is -2.47. The highest BCUT2D eigenvalue weighted by Gasteiger charge is 2.30. The van der Waals surface area contributed by atoms with Crippen molar-refractivity contribution >= 4 is 16.9 Å². The van der Waals surface area contributed by atoms with Crippen molar-refractivity contribution in [3.63, 3.8) is 0 Å². The van der Waals surface area contributed by atoms with Crippen molar-refractivity contribution in [1.29, 1.82) is 0 Å². The topological polar surface area (TPSA) is 147 Å². The van der Waals surface area contributed by atoms with E-state index >= 15 is 0 Å². The predicted octanol–water partition coefficient (Wildman–Crippen LogP) is 2.94. The molecule has 2 atom stereocenters. The fourth-order valence-corrected chi connectivity index (χ4v) is 3.33. The van der Waals surface area contributed by atoms with Gasteiger partial charge >= 0.3 is 5.97 Å². The van der Waals surface area contributed by atoms with Crippen LogP contribution in [0.5, 0.6) is 23.0 Å². The number of phenolic OH excluding ortho intramolecular Hbond substituents is 3. The normalized spacial score (nSPS) is 18.9. The van der Waals surface area contributed by atoms with Crippen LogP contribution >= 0.6 is 0 Å². The summed E-state index contributed by atoms with van der Waals surface area (Å²) in [4.78, 5) is 23.7. The summed E-state index contributed by atoms with van der Waals surface area (Å²) in [6, 6.07) is 8.38. The minimum Gasteiger partial charge on any atom is -0.508 e. The van der Waals surface area contributed by atoms with E-state index in [9.17, 15) is 24.9 Å². The number of hydrogen-bond donors (Lipinski definition) is 4. The molecule has 1 aliphatic heterocycles. The SMILES string of the molecule is O=C(O)C1CCCC(Oc2cc3oc(-c4ccc(O)cc4)cc(=O)c3c(O)c2O)O1. The molecule has 4 rings (SSSR count). The largest absolute Gasteiger partial charge is 0.508 e. The van der Waals surface area contributed by atoms with Crippen LogP contribution in [0.15, 0.2) is 45.6 Å². The van der Waals surface area contributed by atoms with E-state index < -0.39 is 35.3 Å². The first kappa shape index (κ1) is 19.6. The second-order valence-electron chi connectivity index (χ2n) is 6.91. The van der Waals surface area contributed by atoms with E-state index in [1.165, 1.54) is 18.2 Å². The van der Waals surface area contributed by atoms with Gasteiger partial charge in [0.25, 0.3) is 0 Å². The molecule has 2 heterocycles. The third kappa shape index (κ3) is 3.62. The first-order valence-electron chi connectivity index (χ1n) is 9.20. The number of carboxylic acid groups (broad SMARTS) is 1. The Hall–Kier alpha value is -3.72. The van der Waals surface area contributed by atoms with Crippen molar-refractivity contribution in [2.45, 2.75) is 31.7 Å². The van der Waals surface area contributed by atoms with Crippen LogP contribution in [0.4, 0.5) is 0 Å². The lowest BCUT2D eigenvalue weighted by molar-refractivity contribution is -0.181. The van der Waals surface area contributed by atoms with Gasteiger partial charge < -0.3 is 34.3 Å². The first-order chi connectivity index (χ1) is 14.3. The number of rotatable bonds is 4. The van der Waals surface area contributed by atoms with Gasteiger partial charge in [-0.25, -0.2) is 4.79 Å². The predicted molar refractivity (Wildman–Crippen MR) is 104 cm³/mol. The molecule has 0 saturated carbocycles. The average molecular weight is 414 g/mol. The summed E-state index contributed by atoms with van der Waals surface area (Å²) in [5, 5.41) is 38.9. The monoisotopic (exact) mass is 414 g/mol. The van der Waals surface area contributed by atoms with Crippen LogP contribution < -0.4 is 10.2 Å². The molecule has 2 aromatic carbocycles. The second-order valence-corrected chi connectivity index (χ2v) is 6.91. The number of carboxylic acids is 1. The Balaban J connectivity index is 1.74. The van der Waals surface area contributed by atoms with Crippen molar-refractivity contribution in [3.8, 4) is 34.3 Å². The third-order valence-electron chi connectivity index (χ3n) is 4.84. The van der Waals surface area contributed by atoms with E-state index in [1.54, 1.807) is 12.1 Å². The number of aliphatic carboxylic acids is 1. The molecule has 9 nitrogen and oxygen atoms in total. The molecule has 1 aromatic heterocycles. The maximum atomic E-state index is 12.5. The van der Waals surface area contributed by atoms with E-state index in [0.29, 0.717) is 24.8 Å². The second kappa shape index (κ2) is 7.60. The number of carbonyl (C=O) groups is 1. The minimum atomic E-state index is -1.11. The highest BCUT2D eigenvalue weighted by Crippen LogP contribution is 2.42. The van der Waals surface area contributed by atoms with Gasteiger partial charge in [-0.3, -0.25) is 4.79 Å². The molecule has 156 valence electrons. The number of benzene rings is 2. The lowest BCUT2D eigenvalue weighted by Gasteiger charge is -2.28. The Labute approximate surface area is 169 Å². The van der Waals surface area contributed by atoms with Gasteiger partial charge in [-0.15, -0.1) is 0 Å². The molecule has 1 saturated heterocycles. The Morgan fingerprint density at radius 3 is 2.47 bits per heavy atom. The van der Waals surface area contributed by atoms with Crippen molar-refractivity contribution in [1.82, 2.24) is 0 Å². The summed E-state index contributed by atoms with van der Waals surface area (Å²) in [6.07, 6.45) is -0.704. The molecule has 1 fully saturated rings. The van der Waals surface area contributed by atoms with Gasteiger partial charge in [-0.1, -0.05) is 0 Å². The maximum absolute atomic E-state index is 12.5. The lowest BCUT2D eigenvalue weighted by atomic mass is 10.1. The van der Waals surface area contributed by atoms with Crippen molar-refractivity contribution < 1.29 is 39.1 Å². The van der Waals surface area contributed by atoms with E-state index in [1.807, 2.05) is 0 Å². The molecule has 0 bridgehead atoms. The Kier molecular flexibility index (Phi) is 4.96. The molecule has 0 amide bonds. The van der Waals surface area contributed by atoms with Crippen LogP contribution in [-0.2, 0) is 9.53 Å². The summed E-state index contributed by atoms with van der Waals surface area (Å²) in [5.41, 5.74) is -0.109. The van der Waals surface area contributed by atoms with Gasteiger partial charge in [0.15, 0.2) is 23.0 Å². The number of hydrogen-bond acceptors (Lipinski definition) is 8. The fourth-order valence-electron chi connectivity index (χ4n) is 3.33. The minimum absolute atomic E-state index is 0.0403. The van der Waals surface area contributed by atoms with Crippen molar-refractivity contribution in [2.75, 3.05) is 0 Å². The summed E-state index contributed by atoms with van der Waals surface area (Å²) in [7, 11) is 0. The standard InChI is InChI=1S/C21H18O9/c22-11-6-4-10(5-7-11)14-8-12(23)18-15(28-14)9-16(19(24)20(18)25)30-17-3-1-2-13(29-17)21(26)27/h4-9,13,17,22,24-25H,1-3H2,(H,26,27). The lowest BCUT2D eigenvalue weighted by Crippen LogP contribution is -2.36. The molecule has 4 N–H and O–H groups in total.